The molecule has 0 bridgehead atoms. The van der Waals surface area contributed by atoms with E-state index in [9.17, 15) is 0 Å². The van der Waals surface area contributed by atoms with Crippen LogP contribution >= 0.6 is 15.9 Å². The molecule has 2 aromatic rings. The van der Waals surface area contributed by atoms with Crippen molar-refractivity contribution in [2.75, 3.05) is 0 Å². The van der Waals surface area contributed by atoms with Crippen LogP contribution in [0.15, 0.2) is 41.1 Å². The number of benzene rings is 1. The van der Waals surface area contributed by atoms with Gasteiger partial charge in [-0.1, -0.05) is 31.4 Å². The number of hydrogen-bond acceptors (Lipinski definition) is 2. The molecule has 1 aliphatic rings. The summed E-state index contributed by atoms with van der Waals surface area (Å²) < 4.78 is 2.83. The lowest BCUT2D eigenvalue weighted by Crippen LogP contribution is -2.38. The van der Waals surface area contributed by atoms with Crippen molar-refractivity contribution >= 4 is 15.9 Å². The summed E-state index contributed by atoms with van der Waals surface area (Å²) in [7, 11) is 0. The molecule has 1 aliphatic carbocycles. The van der Waals surface area contributed by atoms with Crippen molar-refractivity contribution in [1.29, 1.82) is 0 Å². The van der Waals surface area contributed by atoms with Crippen molar-refractivity contribution in [3.8, 4) is 5.69 Å². The van der Waals surface area contributed by atoms with Crippen molar-refractivity contribution < 1.29 is 0 Å². The second-order valence-electron chi connectivity index (χ2n) is 5.33. The first kappa shape index (κ1) is 12.9. The van der Waals surface area contributed by atoms with E-state index in [-0.39, 0.29) is 5.54 Å². The molecule has 3 rings (SSSR count). The van der Waals surface area contributed by atoms with Gasteiger partial charge in [-0.2, -0.15) is 5.10 Å². The fraction of sp³-hybridized carbons (Fsp3) is 0.400. The van der Waals surface area contributed by atoms with Crippen LogP contribution in [0.1, 0.15) is 37.7 Å². The number of nitrogens with zero attached hydrogens (tertiary/aromatic N) is 2. The quantitative estimate of drug-likeness (QED) is 0.916. The van der Waals surface area contributed by atoms with Gasteiger partial charge < -0.3 is 5.73 Å². The van der Waals surface area contributed by atoms with Gasteiger partial charge in [0.1, 0.15) is 4.60 Å². The molecule has 0 spiro atoms. The molecule has 0 unspecified atom stereocenters. The fourth-order valence-electron chi connectivity index (χ4n) is 2.88. The SMILES string of the molecule is NC1(c2ccc(-n3nccc3Br)cc2)CCCCC1. The monoisotopic (exact) mass is 319 g/mol. The van der Waals surface area contributed by atoms with E-state index in [1.54, 1.807) is 6.20 Å². The highest BCUT2D eigenvalue weighted by Crippen LogP contribution is 2.35. The Labute approximate surface area is 121 Å². The van der Waals surface area contributed by atoms with Gasteiger partial charge in [0.2, 0.25) is 0 Å². The molecule has 3 nitrogen and oxygen atoms in total. The van der Waals surface area contributed by atoms with Crippen LogP contribution in [0.3, 0.4) is 0 Å². The molecular weight excluding hydrogens is 302 g/mol. The van der Waals surface area contributed by atoms with Crippen molar-refractivity contribution in [2.45, 2.75) is 37.6 Å². The van der Waals surface area contributed by atoms with E-state index in [1.165, 1.54) is 24.8 Å². The number of aromatic nitrogens is 2. The molecule has 2 N–H and O–H groups in total. The molecule has 19 heavy (non-hydrogen) atoms. The maximum atomic E-state index is 6.55. The first-order valence-corrected chi connectivity index (χ1v) is 7.58. The summed E-state index contributed by atoms with van der Waals surface area (Å²) in [6.07, 6.45) is 7.77. The number of nitrogens with two attached hydrogens (primary N) is 1. The number of hydrogen-bond donors (Lipinski definition) is 1. The number of halogens is 1. The van der Waals surface area contributed by atoms with Crippen molar-refractivity contribution in [2.24, 2.45) is 5.73 Å². The molecule has 0 aliphatic heterocycles. The fourth-order valence-corrected chi connectivity index (χ4v) is 3.30. The standard InChI is InChI=1S/C15H18BrN3/c16-14-8-11-18-19(14)13-6-4-12(5-7-13)15(17)9-2-1-3-10-15/h4-8,11H,1-3,9-10,17H2. The Morgan fingerprint density at radius 1 is 1.05 bits per heavy atom. The first-order valence-electron chi connectivity index (χ1n) is 6.78. The van der Waals surface area contributed by atoms with E-state index in [0.29, 0.717) is 0 Å². The van der Waals surface area contributed by atoms with E-state index < -0.39 is 0 Å². The Morgan fingerprint density at radius 3 is 2.32 bits per heavy atom. The molecule has 4 heteroatoms. The highest BCUT2D eigenvalue weighted by atomic mass is 79.9. The summed E-state index contributed by atoms with van der Waals surface area (Å²) in [6.45, 7) is 0. The zero-order chi connectivity index (χ0) is 13.3. The minimum absolute atomic E-state index is 0.127. The molecule has 1 fully saturated rings. The predicted molar refractivity (Wildman–Crippen MR) is 80.2 cm³/mol. The van der Waals surface area contributed by atoms with Crippen molar-refractivity contribution in [3.05, 3.63) is 46.7 Å². The normalized spacial score (nSPS) is 18.4. The van der Waals surface area contributed by atoms with E-state index in [2.05, 4.69) is 45.3 Å². The Hall–Kier alpha value is -1.13. The highest BCUT2D eigenvalue weighted by molar-refractivity contribution is 9.10. The largest absolute Gasteiger partial charge is 0.321 e. The second-order valence-corrected chi connectivity index (χ2v) is 6.14. The summed E-state index contributed by atoms with van der Waals surface area (Å²) in [5.41, 5.74) is 8.73. The third-order valence-corrected chi connectivity index (χ3v) is 4.63. The summed E-state index contributed by atoms with van der Waals surface area (Å²) in [6, 6.07) is 10.4. The van der Waals surface area contributed by atoms with Crippen LogP contribution in [0.2, 0.25) is 0 Å². The predicted octanol–water partition coefficient (Wildman–Crippen LogP) is 3.75. The Morgan fingerprint density at radius 2 is 1.74 bits per heavy atom. The lowest BCUT2D eigenvalue weighted by Gasteiger charge is -2.34. The van der Waals surface area contributed by atoms with Gasteiger partial charge >= 0.3 is 0 Å². The van der Waals surface area contributed by atoms with E-state index in [0.717, 1.165) is 23.1 Å². The average molecular weight is 320 g/mol. The average Bonchev–Trinajstić information content (AvgIpc) is 2.86. The first-order chi connectivity index (χ1) is 9.19. The van der Waals surface area contributed by atoms with Crippen LogP contribution in [0.5, 0.6) is 0 Å². The maximum absolute atomic E-state index is 6.55. The molecule has 0 saturated heterocycles. The number of rotatable bonds is 2. The van der Waals surface area contributed by atoms with Crippen molar-refractivity contribution in [1.82, 2.24) is 9.78 Å². The van der Waals surface area contributed by atoms with Gasteiger partial charge in [0.25, 0.3) is 0 Å². The molecule has 0 amide bonds. The summed E-state index contributed by atoms with van der Waals surface area (Å²) in [5, 5.41) is 4.28. The van der Waals surface area contributed by atoms with Gasteiger partial charge in [-0.25, -0.2) is 4.68 Å². The van der Waals surface area contributed by atoms with E-state index in [1.807, 2.05) is 10.7 Å². The van der Waals surface area contributed by atoms with Gasteiger partial charge in [-0.15, -0.1) is 0 Å². The minimum Gasteiger partial charge on any atom is -0.321 e. The lowest BCUT2D eigenvalue weighted by atomic mass is 9.77. The Balaban J connectivity index is 1.89. The van der Waals surface area contributed by atoms with Crippen LogP contribution in [-0.2, 0) is 5.54 Å². The van der Waals surface area contributed by atoms with Crippen LogP contribution in [0.4, 0.5) is 0 Å². The molecule has 1 saturated carbocycles. The molecule has 0 radical (unpaired) electrons. The highest BCUT2D eigenvalue weighted by Gasteiger charge is 2.29. The van der Waals surface area contributed by atoms with Crippen LogP contribution in [0, 0.1) is 0 Å². The van der Waals surface area contributed by atoms with Gasteiger partial charge in [0, 0.05) is 5.54 Å². The topological polar surface area (TPSA) is 43.8 Å². The lowest BCUT2D eigenvalue weighted by molar-refractivity contribution is 0.302. The van der Waals surface area contributed by atoms with Crippen LogP contribution in [0.25, 0.3) is 5.69 Å². The Bertz CT molecular complexity index is 553. The minimum atomic E-state index is -0.127. The maximum Gasteiger partial charge on any atom is 0.109 e. The van der Waals surface area contributed by atoms with Gasteiger partial charge in [0.15, 0.2) is 0 Å². The second kappa shape index (κ2) is 5.10. The van der Waals surface area contributed by atoms with Crippen molar-refractivity contribution in [3.63, 3.8) is 0 Å². The third kappa shape index (κ3) is 2.47. The summed E-state index contributed by atoms with van der Waals surface area (Å²) in [4.78, 5) is 0. The van der Waals surface area contributed by atoms with E-state index in [4.69, 9.17) is 5.73 Å². The third-order valence-electron chi connectivity index (χ3n) is 4.03. The summed E-state index contributed by atoms with van der Waals surface area (Å²) in [5.74, 6) is 0. The molecule has 1 aromatic carbocycles. The summed E-state index contributed by atoms with van der Waals surface area (Å²) >= 11 is 3.48. The van der Waals surface area contributed by atoms with Gasteiger partial charge in [-0.05, 0) is 52.5 Å². The molecule has 1 heterocycles. The molecular formula is C15H18BrN3. The molecule has 100 valence electrons. The van der Waals surface area contributed by atoms with Crippen LogP contribution in [-0.4, -0.2) is 9.78 Å². The smallest absolute Gasteiger partial charge is 0.109 e. The zero-order valence-electron chi connectivity index (χ0n) is 10.8. The zero-order valence-corrected chi connectivity index (χ0v) is 12.4. The van der Waals surface area contributed by atoms with Crippen LogP contribution < -0.4 is 5.73 Å². The van der Waals surface area contributed by atoms with Gasteiger partial charge in [-0.3, -0.25) is 0 Å². The van der Waals surface area contributed by atoms with Gasteiger partial charge in [0.05, 0.1) is 11.9 Å². The molecule has 0 atom stereocenters. The van der Waals surface area contributed by atoms with E-state index >= 15 is 0 Å². The Kier molecular flexibility index (Phi) is 3.46. The molecule has 1 aromatic heterocycles.